The molecule has 3 aromatic rings. The molecule has 9 heteroatoms. The van der Waals surface area contributed by atoms with Gasteiger partial charge in [0.2, 0.25) is 10.0 Å². The lowest BCUT2D eigenvalue weighted by molar-refractivity contribution is 0.0952. The van der Waals surface area contributed by atoms with Crippen molar-refractivity contribution in [3.63, 3.8) is 0 Å². The second-order valence-electron chi connectivity index (χ2n) is 8.18. The van der Waals surface area contributed by atoms with Crippen LogP contribution in [-0.2, 0) is 22.3 Å². The molecule has 0 aliphatic heterocycles. The maximum atomic E-state index is 13.1. The number of fused-ring (bicyclic) bond motifs is 1. The van der Waals surface area contributed by atoms with Gasteiger partial charge in [-0.3, -0.25) is 4.79 Å². The molecule has 2 heterocycles. The average molecular weight is 445 g/mol. The van der Waals surface area contributed by atoms with Crippen LogP contribution in [0.3, 0.4) is 0 Å². The van der Waals surface area contributed by atoms with Crippen molar-refractivity contribution in [1.82, 2.24) is 20.2 Å². The summed E-state index contributed by atoms with van der Waals surface area (Å²) < 4.78 is 32.6. The molecular weight excluding hydrogens is 416 g/mol. The van der Waals surface area contributed by atoms with Crippen LogP contribution in [-0.4, -0.2) is 30.5 Å². The summed E-state index contributed by atoms with van der Waals surface area (Å²) in [6.45, 7) is 9.48. The number of aryl methyl sites for hydroxylation is 1. The van der Waals surface area contributed by atoms with Crippen molar-refractivity contribution >= 4 is 27.0 Å². The number of sulfonamides is 1. The highest BCUT2D eigenvalue weighted by Crippen LogP contribution is 2.25. The highest BCUT2D eigenvalue weighted by Gasteiger charge is 2.20. The van der Waals surface area contributed by atoms with E-state index in [2.05, 4.69) is 20.2 Å². The van der Waals surface area contributed by atoms with E-state index in [1.54, 1.807) is 39.0 Å². The van der Waals surface area contributed by atoms with E-state index in [9.17, 15) is 13.2 Å². The summed E-state index contributed by atoms with van der Waals surface area (Å²) in [6, 6.07) is 8.74. The lowest BCUT2D eigenvalue weighted by Gasteiger charge is -2.14. The molecule has 0 saturated carbocycles. The second-order valence-corrected chi connectivity index (χ2v) is 9.93. The summed E-state index contributed by atoms with van der Waals surface area (Å²) in [4.78, 5) is 17.5. The predicted octanol–water partition coefficient (Wildman–Crippen LogP) is 3.41. The Morgan fingerprint density at radius 3 is 2.45 bits per heavy atom. The SMILES string of the molecule is Cc1noc2nc(C(C)C)cc(C(=O)NCc3ccccc3CS(=O)(=O)NC(C)C)c12. The van der Waals surface area contributed by atoms with Gasteiger partial charge in [-0.25, -0.2) is 18.1 Å². The Morgan fingerprint density at radius 1 is 1.13 bits per heavy atom. The summed E-state index contributed by atoms with van der Waals surface area (Å²) >= 11 is 0. The highest BCUT2D eigenvalue weighted by molar-refractivity contribution is 7.88. The number of carbonyl (C=O) groups excluding carboxylic acids is 1. The molecule has 3 rings (SSSR count). The van der Waals surface area contributed by atoms with Crippen molar-refractivity contribution in [3.8, 4) is 0 Å². The molecule has 0 bridgehead atoms. The summed E-state index contributed by atoms with van der Waals surface area (Å²) in [6.07, 6.45) is 0. The van der Waals surface area contributed by atoms with E-state index in [0.29, 0.717) is 27.9 Å². The Bertz CT molecular complexity index is 1200. The van der Waals surface area contributed by atoms with Gasteiger partial charge in [-0.2, -0.15) is 0 Å². The molecule has 1 aromatic carbocycles. The zero-order valence-electron chi connectivity index (χ0n) is 18.4. The van der Waals surface area contributed by atoms with Crippen molar-refractivity contribution in [2.24, 2.45) is 0 Å². The first-order valence-electron chi connectivity index (χ1n) is 10.2. The number of nitrogens with one attached hydrogen (secondary N) is 2. The Balaban J connectivity index is 1.85. The van der Waals surface area contributed by atoms with Crippen molar-refractivity contribution in [1.29, 1.82) is 0 Å². The fourth-order valence-electron chi connectivity index (χ4n) is 3.34. The second kappa shape index (κ2) is 9.15. The van der Waals surface area contributed by atoms with Gasteiger partial charge in [0.25, 0.3) is 11.6 Å². The van der Waals surface area contributed by atoms with E-state index >= 15 is 0 Å². The monoisotopic (exact) mass is 444 g/mol. The maximum Gasteiger partial charge on any atom is 0.259 e. The number of carbonyl (C=O) groups is 1. The smallest absolute Gasteiger partial charge is 0.259 e. The van der Waals surface area contributed by atoms with Crippen molar-refractivity contribution in [2.75, 3.05) is 0 Å². The highest BCUT2D eigenvalue weighted by atomic mass is 32.2. The zero-order valence-corrected chi connectivity index (χ0v) is 19.2. The van der Waals surface area contributed by atoms with Crippen LogP contribution in [0.1, 0.15) is 66.5 Å². The van der Waals surface area contributed by atoms with Gasteiger partial charge in [-0.15, -0.1) is 0 Å². The first-order valence-corrected chi connectivity index (χ1v) is 11.8. The van der Waals surface area contributed by atoms with Crippen LogP contribution in [0, 0.1) is 6.92 Å². The van der Waals surface area contributed by atoms with Crippen molar-refractivity contribution in [2.45, 2.75) is 58.9 Å². The standard InChI is InChI=1S/C22H28N4O4S/c1-13(2)19-10-18(20-15(5)25-30-22(20)24-19)21(27)23-11-16-8-6-7-9-17(16)12-31(28,29)26-14(3)4/h6-10,13-14,26H,11-12H2,1-5H3,(H,23,27). The van der Waals surface area contributed by atoms with Crippen LogP contribution in [0.2, 0.25) is 0 Å². The summed E-state index contributed by atoms with van der Waals surface area (Å²) in [7, 11) is -3.48. The van der Waals surface area contributed by atoms with Crippen LogP contribution in [0.5, 0.6) is 0 Å². The lowest BCUT2D eigenvalue weighted by atomic mass is 10.0. The number of pyridine rings is 1. The van der Waals surface area contributed by atoms with Gasteiger partial charge in [0.1, 0.15) is 0 Å². The first kappa shape index (κ1) is 22.9. The number of nitrogens with zero attached hydrogens (tertiary/aromatic N) is 2. The minimum Gasteiger partial charge on any atom is -0.348 e. The molecule has 2 N–H and O–H groups in total. The van der Waals surface area contributed by atoms with Gasteiger partial charge >= 0.3 is 0 Å². The Hall–Kier alpha value is -2.78. The van der Waals surface area contributed by atoms with Gasteiger partial charge in [0, 0.05) is 18.3 Å². The molecule has 0 aliphatic rings. The fraction of sp³-hybridized carbons (Fsp3) is 0.409. The van der Waals surface area contributed by atoms with Crippen LogP contribution >= 0.6 is 0 Å². The van der Waals surface area contributed by atoms with Gasteiger partial charge in [0.15, 0.2) is 0 Å². The van der Waals surface area contributed by atoms with Gasteiger partial charge < -0.3 is 9.84 Å². The number of rotatable bonds is 8. The molecule has 0 atom stereocenters. The van der Waals surface area contributed by atoms with Gasteiger partial charge in [-0.05, 0) is 43.9 Å². The molecule has 0 aliphatic carbocycles. The Labute approximate surface area is 182 Å². The van der Waals surface area contributed by atoms with Crippen LogP contribution in [0.15, 0.2) is 34.9 Å². The molecule has 31 heavy (non-hydrogen) atoms. The topological polar surface area (TPSA) is 114 Å². The quantitative estimate of drug-likeness (QED) is 0.550. The van der Waals surface area contributed by atoms with E-state index < -0.39 is 10.0 Å². The third-order valence-electron chi connectivity index (χ3n) is 4.79. The normalized spacial score (nSPS) is 12.1. The zero-order chi connectivity index (χ0) is 22.8. The van der Waals surface area contributed by atoms with E-state index in [1.165, 1.54) is 0 Å². The molecule has 1 amide bonds. The molecule has 2 aromatic heterocycles. The number of hydrogen-bond acceptors (Lipinski definition) is 6. The number of hydrogen-bond donors (Lipinski definition) is 2. The largest absolute Gasteiger partial charge is 0.348 e. The molecule has 0 radical (unpaired) electrons. The maximum absolute atomic E-state index is 13.1. The average Bonchev–Trinajstić information content (AvgIpc) is 3.06. The first-order chi connectivity index (χ1) is 14.6. The Kier molecular flexibility index (Phi) is 6.76. The van der Waals surface area contributed by atoms with E-state index in [1.807, 2.05) is 26.0 Å². The van der Waals surface area contributed by atoms with Gasteiger partial charge in [0.05, 0.1) is 22.4 Å². The molecule has 0 spiro atoms. The minimum absolute atomic E-state index is 0.112. The molecular formula is C22H28N4O4S. The Morgan fingerprint density at radius 2 is 1.81 bits per heavy atom. The lowest BCUT2D eigenvalue weighted by Crippen LogP contribution is -2.32. The van der Waals surface area contributed by atoms with Crippen molar-refractivity contribution in [3.05, 3.63) is 58.4 Å². The van der Waals surface area contributed by atoms with E-state index in [4.69, 9.17) is 4.52 Å². The summed E-state index contributed by atoms with van der Waals surface area (Å²) in [5, 5.41) is 7.43. The number of aromatic nitrogens is 2. The summed E-state index contributed by atoms with van der Waals surface area (Å²) in [5.74, 6) is -0.335. The predicted molar refractivity (Wildman–Crippen MR) is 119 cm³/mol. The minimum atomic E-state index is -3.48. The third kappa shape index (κ3) is 5.48. The molecule has 0 fully saturated rings. The van der Waals surface area contributed by atoms with Crippen LogP contribution in [0.25, 0.3) is 11.1 Å². The molecule has 0 saturated heterocycles. The molecule has 0 unspecified atom stereocenters. The third-order valence-corrected chi connectivity index (χ3v) is 6.31. The van der Waals surface area contributed by atoms with Gasteiger partial charge in [-0.1, -0.05) is 43.3 Å². The number of amides is 1. The van der Waals surface area contributed by atoms with E-state index in [0.717, 1.165) is 11.3 Å². The van der Waals surface area contributed by atoms with Crippen LogP contribution < -0.4 is 10.0 Å². The fourth-order valence-corrected chi connectivity index (χ4v) is 4.83. The molecule has 166 valence electrons. The number of benzene rings is 1. The van der Waals surface area contributed by atoms with Crippen LogP contribution in [0.4, 0.5) is 0 Å². The van der Waals surface area contributed by atoms with Crippen molar-refractivity contribution < 1.29 is 17.7 Å². The van der Waals surface area contributed by atoms with E-state index in [-0.39, 0.29) is 30.2 Å². The summed E-state index contributed by atoms with van der Waals surface area (Å²) in [5.41, 5.74) is 3.48. The molecule has 8 nitrogen and oxygen atoms in total.